The van der Waals surface area contributed by atoms with Crippen molar-refractivity contribution >= 4 is 17.4 Å². The van der Waals surface area contributed by atoms with Crippen LogP contribution in [0.5, 0.6) is 0 Å². The number of carbonyl (C=O) groups is 1. The summed E-state index contributed by atoms with van der Waals surface area (Å²) in [6.07, 6.45) is 3.19. The molecule has 2 aliphatic rings. The van der Waals surface area contributed by atoms with Crippen LogP contribution in [0.3, 0.4) is 0 Å². The van der Waals surface area contributed by atoms with Crippen molar-refractivity contribution in [1.29, 1.82) is 0 Å². The van der Waals surface area contributed by atoms with Crippen LogP contribution in [0.25, 0.3) is 0 Å². The summed E-state index contributed by atoms with van der Waals surface area (Å²) >= 11 is 0. The molecule has 3 heterocycles. The van der Waals surface area contributed by atoms with Gasteiger partial charge in [-0.3, -0.25) is 4.79 Å². The molecule has 1 aromatic carbocycles. The molecule has 1 aromatic heterocycles. The maximum absolute atomic E-state index is 12.1. The van der Waals surface area contributed by atoms with E-state index in [9.17, 15) is 4.79 Å². The predicted octanol–water partition coefficient (Wildman–Crippen LogP) is 2.08. The normalized spacial score (nSPS) is 19.3. The molecule has 1 unspecified atom stereocenters. The van der Waals surface area contributed by atoms with Crippen LogP contribution in [0.1, 0.15) is 28.9 Å². The van der Waals surface area contributed by atoms with Crippen molar-refractivity contribution in [3.8, 4) is 0 Å². The Hall–Kier alpha value is -2.47. The van der Waals surface area contributed by atoms with Crippen LogP contribution in [-0.4, -0.2) is 41.9 Å². The number of anilines is 2. The van der Waals surface area contributed by atoms with Gasteiger partial charge in [0, 0.05) is 25.4 Å². The fourth-order valence-corrected chi connectivity index (χ4v) is 3.27. The lowest BCUT2D eigenvalue weighted by Gasteiger charge is -2.17. The SMILES string of the molecule is O=C(NCC1CCCO1)c1ccc(N2CCc3ccccc32)nn1. The highest BCUT2D eigenvalue weighted by Crippen LogP contribution is 2.32. The van der Waals surface area contributed by atoms with Gasteiger partial charge in [-0.15, -0.1) is 10.2 Å². The lowest BCUT2D eigenvalue weighted by Crippen LogP contribution is -2.32. The van der Waals surface area contributed by atoms with E-state index in [-0.39, 0.29) is 12.0 Å². The summed E-state index contributed by atoms with van der Waals surface area (Å²) < 4.78 is 5.50. The molecule has 0 aliphatic carbocycles. The highest BCUT2D eigenvalue weighted by molar-refractivity contribution is 5.92. The number of carbonyl (C=O) groups excluding carboxylic acids is 1. The number of fused-ring (bicyclic) bond motifs is 1. The smallest absolute Gasteiger partial charge is 0.271 e. The summed E-state index contributed by atoms with van der Waals surface area (Å²) in [5.74, 6) is 0.571. The second-order valence-corrected chi connectivity index (χ2v) is 6.15. The van der Waals surface area contributed by atoms with Crippen LogP contribution in [0.4, 0.5) is 11.5 Å². The van der Waals surface area contributed by atoms with Gasteiger partial charge >= 0.3 is 0 Å². The van der Waals surface area contributed by atoms with Crippen molar-refractivity contribution < 1.29 is 9.53 Å². The van der Waals surface area contributed by atoms with E-state index in [1.54, 1.807) is 6.07 Å². The fourth-order valence-electron chi connectivity index (χ4n) is 3.27. The molecular formula is C18H20N4O2. The van der Waals surface area contributed by atoms with Crippen LogP contribution in [0, 0.1) is 0 Å². The summed E-state index contributed by atoms with van der Waals surface area (Å²) in [6, 6.07) is 11.9. The number of ether oxygens (including phenoxy) is 1. The molecular weight excluding hydrogens is 304 g/mol. The first kappa shape index (κ1) is 15.1. The van der Waals surface area contributed by atoms with Gasteiger partial charge in [-0.25, -0.2) is 0 Å². The summed E-state index contributed by atoms with van der Waals surface area (Å²) in [6.45, 7) is 2.20. The van der Waals surface area contributed by atoms with Crippen molar-refractivity contribution in [2.24, 2.45) is 0 Å². The van der Waals surface area contributed by atoms with E-state index in [1.807, 2.05) is 12.1 Å². The number of hydrogen-bond acceptors (Lipinski definition) is 5. The van der Waals surface area contributed by atoms with Gasteiger partial charge in [0.15, 0.2) is 11.5 Å². The molecule has 1 saturated heterocycles. The molecule has 0 spiro atoms. The number of benzene rings is 1. The quantitative estimate of drug-likeness (QED) is 0.932. The molecule has 1 fully saturated rings. The Morgan fingerprint density at radius 1 is 1.25 bits per heavy atom. The molecule has 1 N–H and O–H groups in total. The van der Waals surface area contributed by atoms with Gasteiger partial charge in [0.05, 0.1) is 6.10 Å². The molecule has 1 amide bonds. The molecule has 4 rings (SSSR count). The topological polar surface area (TPSA) is 67.3 Å². The Bertz CT molecular complexity index is 726. The molecule has 6 heteroatoms. The van der Waals surface area contributed by atoms with Gasteiger partial charge in [-0.05, 0) is 43.0 Å². The van der Waals surface area contributed by atoms with Crippen molar-refractivity contribution in [2.75, 3.05) is 24.6 Å². The Morgan fingerprint density at radius 3 is 2.96 bits per heavy atom. The number of rotatable bonds is 4. The largest absolute Gasteiger partial charge is 0.376 e. The third-order valence-corrected chi connectivity index (χ3v) is 4.56. The van der Waals surface area contributed by atoms with E-state index < -0.39 is 0 Å². The average molecular weight is 324 g/mol. The van der Waals surface area contributed by atoms with E-state index in [1.165, 1.54) is 11.3 Å². The number of para-hydroxylation sites is 1. The summed E-state index contributed by atoms with van der Waals surface area (Å²) in [5.41, 5.74) is 2.82. The zero-order valence-electron chi connectivity index (χ0n) is 13.4. The summed E-state index contributed by atoms with van der Waals surface area (Å²) in [4.78, 5) is 14.3. The number of hydrogen-bond donors (Lipinski definition) is 1. The maximum Gasteiger partial charge on any atom is 0.271 e. The van der Waals surface area contributed by atoms with E-state index in [2.05, 4.69) is 38.6 Å². The van der Waals surface area contributed by atoms with Crippen molar-refractivity contribution in [3.63, 3.8) is 0 Å². The Kier molecular flexibility index (Phi) is 4.13. The lowest BCUT2D eigenvalue weighted by molar-refractivity contribution is 0.0853. The van der Waals surface area contributed by atoms with E-state index in [4.69, 9.17) is 4.74 Å². The van der Waals surface area contributed by atoms with Gasteiger partial charge in [0.2, 0.25) is 0 Å². The minimum absolute atomic E-state index is 0.127. The molecule has 2 aliphatic heterocycles. The second-order valence-electron chi connectivity index (χ2n) is 6.15. The highest BCUT2D eigenvalue weighted by atomic mass is 16.5. The fraction of sp³-hybridized carbons (Fsp3) is 0.389. The van der Waals surface area contributed by atoms with Crippen LogP contribution in [-0.2, 0) is 11.2 Å². The number of nitrogens with zero attached hydrogens (tertiary/aromatic N) is 3. The van der Waals surface area contributed by atoms with E-state index in [0.717, 1.165) is 38.2 Å². The van der Waals surface area contributed by atoms with E-state index >= 15 is 0 Å². The van der Waals surface area contributed by atoms with Crippen molar-refractivity contribution in [2.45, 2.75) is 25.4 Å². The number of amides is 1. The minimum Gasteiger partial charge on any atom is -0.376 e. The molecule has 2 aromatic rings. The highest BCUT2D eigenvalue weighted by Gasteiger charge is 2.22. The molecule has 0 radical (unpaired) electrons. The summed E-state index contributed by atoms with van der Waals surface area (Å²) in [5, 5.41) is 11.2. The molecule has 24 heavy (non-hydrogen) atoms. The van der Waals surface area contributed by atoms with Gasteiger partial charge in [0.1, 0.15) is 0 Å². The lowest BCUT2D eigenvalue weighted by atomic mass is 10.2. The summed E-state index contributed by atoms with van der Waals surface area (Å²) in [7, 11) is 0. The monoisotopic (exact) mass is 324 g/mol. The first-order valence-electron chi connectivity index (χ1n) is 8.40. The Morgan fingerprint density at radius 2 is 2.17 bits per heavy atom. The number of aromatic nitrogens is 2. The first-order valence-corrected chi connectivity index (χ1v) is 8.40. The van der Waals surface area contributed by atoms with Gasteiger partial charge in [-0.1, -0.05) is 18.2 Å². The molecule has 0 saturated carbocycles. The van der Waals surface area contributed by atoms with Gasteiger partial charge in [-0.2, -0.15) is 0 Å². The van der Waals surface area contributed by atoms with Crippen molar-refractivity contribution in [1.82, 2.24) is 15.5 Å². The second kappa shape index (κ2) is 6.57. The van der Waals surface area contributed by atoms with Crippen molar-refractivity contribution in [3.05, 3.63) is 47.7 Å². The van der Waals surface area contributed by atoms with Crippen LogP contribution >= 0.6 is 0 Å². The zero-order chi connectivity index (χ0) is 16.4. The Labute approximate surface area is 140 Å². The van der Waals surface area contributed by atoms with Gasteiger partial charge < -0.3 is 15.0 Å². The van der Waals surface area contributed by atoms with E-state index in [0.29, 0.717) is 12.2 Å². The van der Waals surface area contributed by atoms with Crippen LogP contribution in [0.15, 0.2) is 36.4 Å². The third-order valence-electron chi connectivity index (χ3n) is 4.56. The minimum atomic E-state index is -0.202. The zero-order valence-corrected chi connectivity index (χ0v) is 13.4. The maximum atomic E-state index is 12.1. The molecule has 1 atom stereocenters. The number of nitrogens with one attached hydrogen (secondary N) is 1. The standard InChI is InChI=1S/C18H20N4O2/c23-18(19-12-14-5-3-11-24-14)15-7-8-17(21-20-15)22-10-9-13-4-1-2-6-16(13)22/h1-2,4,6-8,14H,3,5,9-12H2,(H,19,23). The predicted molar refractivity (Wildman–Crippen MR) is 90.5 cm³/mol. The van der Waals surface area contributed by atoms with Crippen LogP contribution in [0.2, 0.25) is 0 Å². The third kappa shape index (κ3) is 2.97. The molecule has 124 valence electrons. The first-order chi connectivity index (χ1) is 11.8. The average Bonchev–Trinajstić information content (AvgIpc) is 3.29. The van der Waals surface area contributed by atoms with Crippen LogP contribution < -0.4 is 10.2 Å². The Balaban J connectivity index is 1.42. The molecule has 6 nitrogen and oxygen atoms in total. The van der Waals surface area contributed by atoms with Gasteiger partial charge in [0.25, 0.3) is 5.91 Å². The molecule has 0 bridgehead atoms.